The van der Waals surface area contributed by atoms with E-state index >= 15 is 0 Å². The summed E-state index contributed by atoms with van der Waals surface area (Å²) in [7, 11) is 0. The molecule has 3 aromatic rings. The van der Waals surface area contributed by atoms with E-state index in [1.807, 2.05) is 6.07 Å². The predicted octanol–water partition coefficient (Wildman–Crippen LogP) is 4.65. The van der Waals surface area contributed by atoms with Gasteiger partial charge < -0.3 is 10.2 Å². The van der Waals surface area contributed by atoms with Crippen LogP contribution in [0, 0.1) is 6.92 Å². The van der Waals surface area contributed by atoms with Gasteiger partial charge in [0.1, 0.15) is 0 Å². The lowest BCUT2D eigenvalue weighted by molar-refractivity contribution is -0.143. The van der Waals surface area contributed by atoms with Crippen molar-refractivity contribution < 1.29 is 22.8 Å². The fourth-order valence-corrected chi connectivity index (χ4v) is 3.96. The number of aryl methyl sites for hydroxylation is 1. The van der Waals surface area contributed by atoms with Crippen LogP contribution in [0.15, 0.2) is 54.7 Å². The molecule has 1 N–H and O–H groups in total. The summed E-state index contributed by atoms with van der Waals surface area (Å²) in [5.41, 5.74) is 0.578. The summed E-state index contributed by atoms with van der Waals surface area (Å²) in [5.74, 6) is -0.831. The Hall–Kier alpha value is -3.62. The molecule has 2 aromatic carbocycles. The molecule has 0 bridgehead atoms. The largest absolute Gasteiger partial charge is 0.434 e. The van der Waals surface area contributed by atoms with E-state index in [9.17, 15) is 22.8 Å². The number of benzene rings is 2. The Morgan fingerprint density at radius 2 is 1.91 bits per heavy atom. The number of amides is 2. The maximum Gasteiger partial charge on any atom is 0.434 e. The topological polar surface area (TPSA) is 67.2 Å². The van der Waals surface area contributed by atoms with Gasteiger partial charge in [0.25, 0.3) is 5.91 Å². The molecular weight excluding hydrogens is 433 g/mol. The summed E-state index contributed by atoms with van der Waals surface area (Å²) in [6.45, 7) is 2.32. The van der Waals surface area contributed by atoms with E-state index in [0.29, 0.717) is 24.1 Å². The average Bonchev–Trinajstić information content (AvgIpc) is 3.24. The van der Waals surface area contributed by atoms with E-state index in [1.165, 1.54) is 6.07 Å². The number of nitrogens with zero attached hydrogens (tertiary/aromatic N) is 3. The number of anilines is 1. The number of hydrogen-bond acceptors (Lipinski definition) is 3. The first-order valence-corrected chi connectivity index (χ1v) is 10.6. The number of carbonyl (C=O) groups excluding carboxylic acids is 2. The van der Waals surface area contributed by atoms with Crippen molar-refractivity contribution in [3.8, 4) is 5.69 Å². The molecule has 1 aromatic heterocycles. The minimum absolute atomic E-state index is 0.0154. The van der Waals surface area contributed by atoms with Gasteiger partial charge in [-0.2, -0.15) is 18.3 Å². The Morgan fingerprint density at radius 1 is 1.12 bits per heavy atom. The summed E-state index contributed by atoms with van der Waals surface area (Å²) < 4.78 is 42.5. The van der Waals surface area contributed by atoms with Crippen LogP contribution in [0.5, 0.6) is 0 Å². The molecule has 0 atom stereocenters. The predicted molar refractivity (Wildman–Crippen MR) is 117 cm³/mol. The van der Waals surface area contributed by atoms with Crippen molar-refractivity contribution in [1.29, 1.82) is 0 Å². The van der Waals surface area contributed by atoms with Crippen LogP contribution in [-0.2, 0) is 17.5 Å². The molecule has 9 heteroatoms. The number of nitrogens with one attached hydrogen (secondary N) is 1. The maximum absolute atomic E-state index is 13.9. The molecule has 1 aliphatic heterocycles. The van der Waals surface area contributed by atoms with Crippen molar-refractivity contribution in [2.75, 3.05) is 11.4 Å². The molecule has 1 saturated heterocycles. The molecule has 2 heterocycles. The summed E-state index contributed by atoms with van der Waals surface area (Å²) in [6, 6.07) is 13.6. The smallest absolute Gasteiger partial charge is 0.348 e. The zero-order valence-corrected chi connectivity index (χ0v) is 18.0. The highest BCUT2D eigenvalue weighted by Gasteiger charge is 2.40. The molecule has 33 heavy (non-hydrogen) atoms. The molecule has 0 radical (unpaired) electrons. The number of carbonyl (C=O) groups is 2. The second kappa shape index (κ2) is 9.09. The lowest BCUT2D eigenvalue weighted by Gasteiger charge is -2.27. The third-order valence-electron chi connectivity index (χ3n) is 5.62. The van der Waals surface area contributed by atoms with Crippen molar-refractivity contribution >= 4 is 17.5 Å². The van der Waals surface area contributed by atoms with Crippen molar-refractivity contribution in [1.82, 2.24) is 15.1 Å². The number of hydrogen-bond donors (Lipinski definition) is 1. The molecule has 0 aliphatic carbocycles. The third-order valence-corrected chi connectivity index (χ3v) is 5.62. The summed E-state index contributed by atoms with van der Waals surface area (Å²) in [4.78, 5) is 26.6. The van der Waals surface area contributed by atoms with Crippen molar-refractivity contribution in [3.63, 3.8) is 0 Å². The van der Waals surface area contributed by atoms with Gasteiger partial charge in [0.15, 0.2) is 5.69 Å². The van der Waals surface area contributed by atoms with Crippen LogP contribution in [0.3, 0.4) is 0 Å². The maximum atomic E-state index is 13.9. The highest BCUT2D eigenvalue weighted by Crippen LogP contribution is 2.34. The van der Waals surface area contributed by atoms with Crippen LogP contribution in [0.1, 0.15) is 46.4 Å². The molecule has 4 rings (SSSR count). The number of piperidine rings is 1. The van der Waals surface area contributed by atoms with Gasteiger partial charge in [-0.25, -0.2) is 4.68 Å². The van der Waals surface area contributed by atoms with Crippen LogP contribution in [0.4, 0.5) is 18.9 Å². The number of para-hydroxylation sites is 1. The first-order chi connectivity index (χ1) is 15.8. The number of aromatic nitrogens is 2. The minimum atomic E-state index is -4.78. The first-order valence-electron chi connectivity index (χ1n) is 10.6. The minimum Gasteiger partial charge on any atom is -0.348 e. The second-order valence-electron chi connectivity index (χ2n) is 7.96. The Kier molecular flexibility index (Phi) is 6.22. The molecule has 0 spiro atoms. The molecular formula is C24H23F3N4O2. The van der Waals surface area contributed by atoms with E-state index in [-0.39, 0.29) is 18.1 Å². The number of alkyl halides is 3. The highest BCUT2D eigenvalue weighted by atomic mass is 19.4. The zero-order valence-electron chi connectivity index (χ0n) is 18.0. The lowest BCUT2D eigenvalue weighted by Crippen LogP contribution is -2.35. The van der Waals surface area contributed by atoms with Gasteiger partial charge in [-0.05, 0) is 49.1 Å². The van der Waals surface area contributed by atoms with Crippen LogP contribution in [0.2, 0.25) is 0 Å². The van der Waals surface area contributed by atoms with E-state index in [2.05, 4.69) is 10.4 Å². The summed E-state index contributed by atoms with van der Waals surface area (Å²) in [5, 5.41) is 6.42. The van der Waals surface area contributed by atoms with Crippen molar-refractivity contribution in [2.45, 2.75) is 38.9 Å². The van der Waals surface area contributed by atoms with E-state index < -0.39 is 23.3 Å². The van der Waals surface area contributed by atoms with E-state index in [4.69, 9.17) is 0 Å². The quantitative estimate of drug-likeness (QED) is 0.608. The Labute approximate surface area is 189 Å². The second-order valence-corrected chi connectivity index (χ2v) is 7.96. The molecule has 6 nitrogen and oxygen atoms in total. The van der Waals surface area contributed by atoms with E-state index in [1.54, 1.807) is 48.2 Å². The van der Waals surface area contributed by atoms with Gasteiger partial charge in [-0.3, -0.25) is 9.59 Å². The van der Waals surface area contributed by atoms with Crippen LogP contribution < -0.4 is 10.2 Å². The van der Waals surface area contributed by atoms with Crippen molar-refractivity contribution in [3.05, 3.63) is 77.1 Å². The summed E-state index contributed by atoms with van der Waals surface area (Å²) >= 11 is 0. The monoisotopic (exact) mass is 456 g/mol. The molecule has 0 unspecified atom stereocenters. The highest BCUT2D eigenvalue weighted by molar-refractivity contribution is 5.96. The Bertz CT molecular complexity index is 1190. The van der Waals surface area contributed by atoms with Crippen LogP contribution in [0.25, 0.3) is 5.69 Å². The van der Waals surface area contributed by atoms with Gasteiger partial charge >= 0.3 is 6.18 Å². The number of halogens is 3. The van der Waals surface area contributed by atoms with Crippen LogP contribution >= 0.6 is 0 Å². The van der Waals surface area contributed by atoms with Gasteiger partial charge in [0.05, 0.1) is 17.4 Å². The summed E-state index contributed by atoms with van der Waals surface area (Å²) in [6.07, 6.45) is -1.57. The lowest BCUT2D eigenvalue weighted by atomic mass is 10.1. The normalized spacial score (nSPS) is 14.4. The van der Waals surface area contributed by atoms with Crippen molar-refractivity contribution in [2.24, 2.45) is 0 Å². The molecule has 172 valence electrons. The van der Waals surface area contributed by atoms with Gasteiger partial charge in [0.2, 0.25) is 5.91 Å². The van der Waals surface area contributed by atoms with Gasteiger partial charge in [0, 0.05) is 25.2 Å². The van der Waals surface area contributed by atoms with Crippen LogP contribution in [-0.4, -0.2) is 28.1 Å². The molecule has 0 saturated carbocycles. The van der Waals surface area contributed by atoms with E-state index in [0.717, 1.165) is 29.4 Å². The molecule has 2 amide bonds. The first kappa shape index (κ1) is 22.6. The van der Waals surface area contributed by atoms with Gasteiger partial charge in [-0.1, -0.05) is 30.3 Å². The Morgan fingerprint density at radius 3 is 2.64 bits per heavy atom. The standard InChI is InChI=1S/C24H23F3N4O2/c1-16-7-2-3-10-20(16)31-22(24(25,26)27)19(15-29-31)23(33)28-14-17-8-6-9-18(13-17)30-12-5-4-11-21(30)32/h2-3,6-10,13,15H,4-5,11-12,14H2,1H3,(H,28,33). The average molecular weight is 456 g/mol. The zero-order chi connectivity index (χ0) is 23.6. The SMILES string of the molecule is Cc1ccccc1-n1ncc(C(=O)NCc2cccc(N3CCCCC3=O)c2)c1C(F)(F)F. The van der Waals surface area contributed by atoms with Gasteiger partial charge in [-0.15, -0.1) is 0 Å². The third kappa shape index (κ3) is 4.76. The number of rotatable bonds is 5. The molecule has 1 aliphatic rings. The fourth-order valence-electron chi connectivity index (χ4n) is 3.96. The molecule has 1 fully saturated rings. The fraction of sp³-hybridized carbons (Fsp3) is 0.292. The Balaban J connectivity index is 1.56.